The second-order valence-electron chi connectivity index (χ2n) is 8.50. The molecule has 0 atom stereocenters. The molecule has 9 heteroatoms. The van der Waals surface area contributed by atoms with Crippen molar-refractivity contribution in [3.05, 3.63) is 65.5 Å². The van der Waals surface area contributed by atoms with Gasteiger partial charge in [-0.1, -0.05) is 37.3 Å². The number of aryl methyl sites for hydroxylation is 2. The number of nitrogens with one attached hydrogen (secondary N) is 3. The molecule has 4 rings (SSSR count). The Morgan fingerprint density at radius 3 is 2.54 bits per heavy atom. The number of carbonyl (C=O) groups excluding carboxylic acids is 1. The number of aromatic nitrogens is 3. The maximum atomic E-state index is 12.5. The highest BCUT2D eigenvalue weighted by molar-refractivity contribution is 6.06. The van der Waals surface area contributed by atoms with Gasteiger partial charge in [-0.15, -0.1) is 0 Å². The molecular formula is C26H32N8O. The number of pyridine rings is 1. The molecule has 1 amide bonds. The number of nitrogens with two attached hydrogens (primary N) is 2. The lowest BCUT2D eigenvalue weighted by molar-refractivity contribution is 0.0953. The Balaban J connectivity index is 1.33. The van der Waals surface area contributed by atoms with Crippen LogP contribution in [0.3, 0.4) is 0 Å². The van der Waals surface area contributed by atoms with Crippen LogP contribution < -0.4 is 22.1 Å². The maximum absolute atomic E-state index is 12.5. The van der Waals surface area contributed by atoms with E-state index < -0.39 is 0 Å². The summed E-state index contributed by atoms with van der Waals surface area (Å²) in [7, 11) is 0. The summed E-state index contributed by atoms with van der Waals surface area (Å²) in [5.74, 6) is 1.33. The van der Waals surface area contributed by atoms with E-state index in [1.807, 2.05) is 42.5 Å². The number of hydrogen-bond donors (Lipinski definition) is 5. The summed E-state index contributed by atoms with van der Waals surface area (Å²) in [4.78, 5) is 21.8. The zero-order valence-corrected chi connectivity index (χ0v) is 20.0. The third-order valence-corrected chi connectivity index (χ3v) is 6.04. The number of para-hydroxylation sites is 1. The summed E-state index contributed by atoms with van der Waals surface area (Å²) in [5, 5.41) is 14.0. The first-order valence-corrected chi connectivity index (χ1v) is 12.0. The molecule has 0 saturated heterocycles. The smallest absolute Gasteiger partial charge is 0.251 e. The molecular weight excluding hydrogens is 440 g/mol. The number of nitrogens with zero attached hydrogens (tertiary/aromatic N) is 3. The highest BCUT2D eigenvalue weighted by Crippen LogP contribution is 2.29. The zero-order chi connectivity index (χ0) is 24.8. The first-order valence-electron chi connectivity index (χ1n) is 12.0. The van der Waals surface area contributed by atoms with Gasteiger partial charge >= 0.3 is 0 Å². The van der Waals surface area contributed by atoms with Gasteiger partial charge in [-0.3, -0.25) is 10.2 Å². The normalized spacial score (nSPS) is 11.1. The topological polar surface area (TPSA) is 148 Å². The van der Waals surface area contributed by atoms with Crippen LogP contribution in [-0.2, 0) is 19.4 Å². The van der Waals surface area contributed by atoms with Crippen molar-refractivity contribution >= 4 is 39.6 Å². The minimum absolute atomic E-state index is 0.0392. The number of benzene rings is 2. The summed E-state index contributed by atoms with van der Waals surface area (Å²) >= 11 is 0. The molecule has 0 unspecified atom stereocenters. The molecule has 0 fully saturated rings. The van der Waals surface area contributed by atoms with Crippen LogP contribution in [0.4, 0.5) is 5.82 Å². The average Bonchev–Trinajstić information content (AvgIpc) is 3.23. The fourth-order valence-corrected chi connectivity index (χ4v) is 4.28. The highest BCUT2D eigenvalue weighted by atomic mass is 16.1. The van der Waals surface area contributed by atoms with Gasteiger partial charge in [0.2, 0.25) is 0 Å². The summed E-state index contributed by atoms with van der Waals surface area (Å²) in [6, 6.07) is 15.5. The number of hydrogen-bond acceptors (Lipinski definition) is 5. The molecule has 35 heavy (non-hydrogen) atoms. The van der Waals surface area contributed by atoms with Gasteiger partial charge in [-0.2, -0.15) is 0 Å². The van der Waals surface area contributed by atoms with Crippen molar-refractivity contribution in [3.8, 4) is 0 Å². The Hall–Kier alpha value is -4.14. The van der Waals surface area contributed by atoms with Crippen LogP contribution in [0.5, 0.6) is 0 Å². The van der Waals surface area contributed by atoms with E-state index in [4.69, 9.17) is 21.9 Å². The number of anilines is 1. The lowest BCUT2D eigenvalue weighted by atomic mass is 10.1. The minimum atomic E-state index is -0.0782. The van der Waals surface area contributed by atoms with Crippen LogP contribution in [0, 0.1) is 5.41 Å². The van der Waals surface area contributed by atoms with Crippen LogP contribution in [0.25, 0.3) is 21.9 Å². The van der Waals surface area contributed by atoms with E-state index in [0.29, 0.717) is 24.5 Å². The number of nitrogen functional groups attached to an aromatic ring is 1. The molecule has 0 aliphatic carbocycles. The quantitative estimate of drug-likeness (QED) is 0.136. The van der Waals surface area contributed by atoms with Gasteiger partial charge in [-0.25, -0.2) is 9.97 Å². The molecule has 0 bridgehead atoms. The number of fused-ring (bicyclic) bond motifs is 3. The van der Waals surface area contributed by atoms with Crippen LogP contribution in [0.1, 0.15) is 41.5 Å². The monoisotopic (exact) mass is 472 g/mol. The highest BCUT2D eigenvalue weighted by Gasteiger charge is 2.16. The van der Waals surface area contributed by atoms with Crippen molar-refractivity contribution in [1.82, 2.24) is 25.2 Å². The molecule has 9 nitrogen and oxygen atoms in total. The Morgan fingerprint density at radius 2 is 1.80 bits per heavy atom. The fraction of sp³-hybridized carbons (Fsp3) is 0.308. The maximum Gasteiger partial charge on any atom is 0.251 e. The van der Waals surface area contributed by atoms with Crippen molar-refractivity contribution < 1.29 is 4.79 Å². The lowest BCUT2D eigenvalue weighted by Gasteiger charge is -2.11. The number of guanidine groups is 1. The van der Waals surface area contributed by atoms with Gasteiger partial charge in [0.05, 0.1) is 11.0 Å². The van der Waals surface area contributed by atoms with Crippen molar-refractivity contribution in [2.45, 2.75) is 39.2 Å². The molecule has 2 aromatic carbocycles. The SMILES string of the molecule is CCc1nc2c(N)nc3ccccc3c2n1CCCCNC(=O)c1ccc(CCNC(=N)N)cc1. The largest absolute Gasteiger partial charge is 0.382 e. The van der Waals surface area contributed by atoms with Gasteiger partial charge in [0.25, 0.3) is 5.91 Å². The standard InChI is InChI=1S/C26H32N8O/c1-2-21-33-22-23(19-7-3-4-8-20(19)32-24(22)27)34(21)16-6-5-14-30-25(35)18-11-9-17(10-12-18)13-15-31-26(28)29/h3-4,7-12H,2,5-6,13-16H2,1H3,(H2,27,32)(H,30,35)(H4,28,29,31). The molecule has 0 saturated carbocycles. The van der Waals surface area contributed by atoms with E-state index in [1.54, 1.807) is 0 Å². The van der Waals surface area contributed by atoms with Crippen LogP contribution in [0.15, 0.2) is 48.5 Å². The Labute approximate surface area is 204 Å². The fourth-order valence-electron chi connectivity index (χ4n) is 4.28. The van der Waals surface area contributed by atoms with Gasteiger partial charge in [0, 0.05) is 37.0 Å². The predicted octanol–water partition coefficient (Wildman–Crippen LogP) is 2.96. The summed E-state index contributed by atoms with van der Waals surface area (Å²) in [6.07, 6.45) is 3.29. The van der Waals surface area contributed by atoms with Crippen LogP contribution >= 0.6 is 0 Å². The second-order valence-corrected chi connectivity index (χ2v) is 8.50. The average molecular weight is 473 g/mol. The lowest BCUT2D eigenvalue weighted by Crippen LogP contribution is -2.31. The van der Waals surface area contributed by atoms with Gasteiger partial charge < -0.3 is 26.7 Å². The van der Waals surface area contributed by atoms with E-state index >= 15 is 0 Å². The molecule has 182 valence electrons. The first-order chi connectivity index (χ1) is 17.0. The molecule has 2 heterocycles. The van der Waals surface area contributed by atoms with E-state index in [9.17, 15) is 4.79 Å². The molecule has 0 aliphatic heterocycles. The predicted molar refractivity (Wildman–Crippen MR) is 140 cm³/mol. The number of amides is 1. The molecule has 4 aromatic rings. The molecule has 0 spiro atoms. The summed E-state index contributed by atoms with van der Waals surface area (Å²) in [6.45, 7) is 4.08. The van der Waals surface area contributed by atoms with Gasteiger partial charge in [0.15, 0.2) is 11.8 Å². The zero-order valence-electron chi connectivity index (χ0n) is 20.0. The minimum Gasteiger partial charge on any atom is -0.382 e. The Kier molecular flexibility index (Phi) is 7.45. The Bertz CT molecular complexity index is 1340. The molecule has 0 aliphatic rings. The third-order valence-electron chi connectivity index (χ3n) is 6.04. The summed E-state index contributed by atoms with van der Waals surface area (Å²) in [5.41, 5.74) is 15.9. The molecule has 2 aromatic heterocycles. The van der Waals surface area contributed by atoms with Crippen molar-refractivity contribution in [3.63, 3.8) is 0 Å². The van der Waals surface area contributed by atoms with Crippen molar-refractivity contribution in [2.24, 2.45) is 5.73 Å². The number of carbonyl (C=O) groups is 1. The van der Waals surface area contributed by atoms with E-state index in [-0.39, 0.29) is 11.9 Å². The number of unbranched alkanes of at least 4 members (excludes halogenated alkanes) is 1. The summed E-state index contributed by atoms with van der Waals surface area (Å²) < 4.78 is 2.25. The first kappa shape index (κ1) is 24.0. The van der Waals surface area contributed by atoms with Crippen LogP contribution in [0.2, 0.25) is 0 Å². The van der Waals surface area contributed by atoms with Gasteiger partial charge in [0.1, 0.15) is 11.3 Å². The molecule has 7 N–H and O–H groups in total. The van der Waals surface area contributed by atoms with E-state index in [1.165, 1.54) is 0 Å². The van der Waals surface area contributed by atoms with Crippen LogP contribution in [-0.4, -0.2) is 39.5 Å². The van der Waals surface area contributed by atoms with Crippen molar-refractivity contribution in [1.29, 1.82) is 5.41 Å². The third kappa shape index (κ3) is 5.51. The van der Waals surface area contributed by atoms with E-state index in [0.717, 1.165) is 65.6 Å². The molecule has 0 radical (unpaired) electrons. The Morgan fingerprint density at radius 1 is 1.03 bits per heavy atom. The second kappa shape index (κ2) is 10.9. The van der Waals surface area contributed by atoms with Gasteiger partial charge in [-0.05, 0) is 43.0 Å². The van der Waals surface area contributed by atoms with E-state index in [2.05, 4.69) is 33.2 Å². The van der Waals surface area contributed by atoms with Crippen molar-refractivity contribution in [2.75, 3.05) is 18.8 Å². The number of imidazole rings is 1. The number of rotatable bonds is 10.